The number of hydrogen-bond donors (Lipinski definition) is 0. The van der Waals surface area contributed by atoms with E-state index < -0.39 is 7.14 Å². The predicted octanol–water partition coefficient (Wildman–Crippen LogP) is 3.64. The van der Waals surface area contributed by atoms with Crippen LogP contribution >= 0.6 is 52.3 Å². The van der Waals surface area contributed by atoms with Crippen LogP contribution in [0.25, 0.3) is 0 Å². The average Bonchev–Trinajstić information content (AvgIpc) is 2.49. The number of halogens is 2. The summed E-state index contributed by atoms with van der Waals surface area (Å²) >= 11 is 4.80. The minimum absolute atomic E-state index is 0.322. The highest BCUT2D eigenvalue weighted by atomic mass is 127. The summed E-state index contributed by atoms with van der Waals surface area (Å²) in [5, 5.41) is 1.07. The van der Waals surface area contributed by atoms with E-state index in [4.69, 9.17) is 0 Å². The first-order valence-electron chi connectivity index (χ1n) is 4.57. The first kappa shape index (κ1) is 11.4. The maximum Gasteiger partial charge on any atom is 0.128 e. The van der Waals surface area contributed by atoms with Crippen molar-refractivity contribution in [3.05, 3.63) is 30.3 Å². The summed E-state index contributed by atoms with van der Waals surface area (Å²) in [6, 6.07) is 9.98. The molecule has 1 fully saturated rings. The zero-order chi connectivity index (χ0) is 10.2. The monoisotopic (exact) mass is 432 g/mol. The van der Waals surface area contributed by atoms with Crippen molar-refractivity contribution in [1.82, 2.24) is 0 Å². The Morgan fingerprint density at radius 3 is 2.36 bits per heavy atom. The van der Waals surface area contributed by atoms with Crippen molar-refractivity contribution in [2.75, 3.05) is 6.16 Å². The molecule has 0 spiro atoms. The Labute approximate surface area is 112 Å². The highest BCUT2D eigenvalue weighted by Gasteiger charge is 2.42. The molecular weight excluding hydrogens is 421 g/mol. The lowest BCUT2D eigenvalue weighted by Gasteiger charge is -2.17. The summed E-state index contributed by atoms with van der Waals surface area (Å²) in [5.74, 6) is 0. The fourth-order valence-corrected chi connectivity index (χ4v) is 9.11. The summed E-state index contributed by atoms with van der Waals surface area (Å²) in [7, 11) is -2.09. The van der Waals surface area contributed by atoms with E-state index in [1.807, 2.05) is 30.3 Å². The quantitative estimate of drug-likeness (QED) is 0.377. The first-order valence-corrected chi connectivity index (χ1v) is 9.02. The molecule has 3 atom stereocenters. The number of rotatable bonds is 1. The number of alkyl halides is 2. The molecule has 1 saturated heterocycles. The Morgan fingerprint density at radius 2 is 1.86 bits per heavy atom. The summed E-state index contributed by atoms with van der Waals surface area (Å²) in [4.78, 5) is 0. The maximum absolute atomic E-state index is 12.7. The molecule has 4 heteroatoms. The van der Waals surface area contributed by atoms with Gasteiger partial charge in [-0.3, -0.25) is 0 Å². The van der Waals surface area contributed by atoms with Crippen LogP contribution in [0, 0.1) is 0 Å². The Hall–Kier alpha value is 0.910. The first-order chi connectivity index (χ1) is 6.64. The van der Waals surface area contributed by atoms with Crippen LogP contribution < -0.4 is 5.30 Å². The van der Waals surface area contributed by atoms with Gasteiger partial charge in [0.25, 0.3) is 0 Å². The summed E-state index contributed by atoms with van der Waals surface area (Å²) in [6.07, 6.45) is 1.98. The van der Waals surface area contributed by atoms with Gasteiger partial charge in [-0.25, -0.2) is 0 Å². The standard InChI is InChI=1S/C10H11I2OP/c11-9-6-7-14(13,10(9)12)8-4-2-1-3-5-8/h1-5,9-10H,6-7H2. The van der Waals surface area contributed by atoms with Crippen molar-refractivity contribution in [3.63, 3.8) is 0 Å². The van der Waals surface area contributed by atoms with Gasteiger partial charge in [-0.2, -0.15) is 0 Å². The molecule has 1 aliphatic rings. The van der Waals surface area contributed by atoms with E-state index in [1.54, 1.807) is 0 Å². The van der Waals surface area contributed by atoms with Gasteiger partial charge in [0.1, 0.15) is 7.14 Å². The van der Waals surface area contributed by atoms with Gasteiger partial charge in [0, 0.05) is 15.4 Å². The third-order valence-corrected chi connectivity index (χ3v) is 12.7. The van der Waals surface area contributed by atoms with Crippen LogP contribution in [0.15, 0.2) is 30.3 Å². The molecule has 14 heavy (non-hydrogen) atoms. The summed E-state index contributed by atoms with van der Waals surface area (Å²) in [5.41, 5.74) is 0. The fraction of sp³-hybridized carbons (Fsp3) is 0.400. The Bertz CT molecular complexity index is 366. The molecule has 1 aromatic carbocycles. The van der Waals surface area contributed by atoms with E-state index in [1.165, 1.54) is 0 Å². The SMILES string of the molecule is O=P1(c2ccccc2)CCC(I)C1I. The van der Waals surface area contributed by atoms with E-state index in [9.17, 15) is 4.57 Å². The van der Waals surface area contributed by atoms with Crippen molar-refractivity contribution in [2.24, 2.45) is 0 Å². The van der Waals surface area contributed by atoms with E-state index in [-0.39, 0.29) is 0 Å². The van der Waals surface area contributed by atoms with Gasteiger partial charge < -0.3 is 4.57 Å². The summed E-state index contributed by atoms with van der Waals surface area (Å²) < 4.78 is 13.6. The predicted molar refractivity (Wildman–Crippen MR) is 78.8 cm³/mol. The second-order valence-corrected chi connectivity index (χ2v) is 10.6. The van der Waals surface area contributed by atoms with Gasteiger partial charge in [-0.1, -0.05) is 75.5 Å². The van der Waals surface area contributed by atoms with Gasteiger partial charge in [0.2, 0.25) is 0 Å². The lowest BCUT2D eigenvalue weighted by atomic mass is 10.4. The zero-order valence-electron chi connectivity index (χ0n) is 7.57. The topological polar surface area (TPSA) is 17.1 Å². The summed E-state index contributed by atoms with van der Waals surface area (Å²) in [6.45, 7) is 0. The molecule has 0 bridgehead atoms. The maximum atomic E-state index is 12.7. The minimum Gasteiger partial charge on any atom is -0.317 e. The van der Waals surface area contributed by atoms with Crippen molar-refractivity contribution in [2.45, 2.75) is 14.0 Å². The lowest BCUT2D eigenvalue weighted by molar-refractivity contribution is 0.584. The zero-order valence-corrected chi connectivity index (χ0v) is 12.8. The van der Waals surface area contributed by atoms with Gasteiger partial charge in [0.15, 0.2) is 0 Å². The Morgan fingerprint density at radius 1 is 1.21 bits per heavy atom. The van der Waals surface area contributed by atoms with Crippen LogP contribution in [0.4, 0.5) is 0 Å². The second-order valence-electron chi connectivity index (χ2n) is 3.53. The highest BCUT2D eigenvalue weighted by Crippen LogP contribution is 2.61. The van der Waals surface area contributed by atoms with Crippen molar-refractivity contribution < 1.29 is 4.57 Å². The van der Waals surface area contributed by atoms with Gasteiger partial charge >= 0.3 is 0 Å². The smallest absolute Gasteiger partial charge is 0.128 e. The Kier molecular flexibility index (Phi) is 3.60. The fourth-order valence-electron chi connectivity index (χ4n) is 1.79. The number of benzene rings is 1. The lowest BCUT2D eigenvalue weighted by Crippen LogP contribution is -2.12. The largest absolute Gasteiger partial charge is 0.317 e. The minimum atomic E-state index is -2.09. The van der Waals surface area contributed by atoms with E-state index >= 15 is 0 Å². The van der Waals surface area contributed by atoms with E-state index in [2.05, 4.69) is 45.2 Å². The molecule has 3 unspecified atom stereocenters. The Balaban J connectivity index is 2.39. The van der Waals surface area contributed by atoms with Gasteiger partial charge in [-0.15, -0.1) is 0 Å². The molecule has 0 aromatic heterocycles. The van der Waals surface area contributed by atoms with Gasteiger partial charge in [-0.05, 0) is 6.42 Å². The normalized spacial score (nSPS) is 37.3. The molecule has 0 N–H and O–H groups in total. The van der Waals surface area contributed by atoms with Crippen molar-refractivity contribution in [3.8, 4) is 0 Å². The van der Waals surface area contributed by atoms with Crippen LogP contribution in [0.3, 0.4) is 0 Å². The van der Waals surface area contributed by atoms with E-state index in [0.29, 0.717) is 7.59 Å². The van der Waals surface area contributed by atoms with Gasteiger partial charge in [0.05, 0.1) is 3.67 Å². The van der Waals surface area contributed by atoms with Crippen LogP contribution in [-0.4, -0.2) is 13.8 Å². The second kappa shape index (κ2) is 4.42. The molecule has 0 saturated carbocycles. The molecular formula is C10H11I2OP. The molecule has 1 nitrogen and oxygen atoms in total. The molecule has 1 aromatic rings. The third-order valence-electron chi connectivity index (χ3n) is 2.63. The van der Waals surface area contributed by atoms with E-state index in [0.717, 1.165) is 17.9 Å². The number of hydrogen-bond acceptors (Lipinski definition) is 1. The van der Waals surface area contributed by atoms with Crippen LogP contribution in [0.1, 0.15) is 6.42 Å². The molecule has 1 heterocycles. The van der Waals surface area contributed by atoms with Crippen LogP contribution in [-0.2, 0) is 4.57 Å². The van der Waals surface area contributed by atoms with Crippen molar-refractivity contribution >= 4 is 57.6 Å². The highest BCUT2D eigenvalue weighted by molar-refractivity contribution is 14.1. The molecule has 0 aliphatic carbocycles. The molecule has 0 radical (unpaired) electrons. The average molecular weight is 432 g/mol. The molecule has 0 amide bonds. The molecule has 1 aliphatic heterocycles. The third kappa shape index (κ3) is 1.92. The molecule has 2 rings (SSSR count). The van der Waals surface area contributed by atoms with Crippen molar-refractivity contribution in [1.29, 1.82) is 0 Å². The van der Waals surface area contributed by atoms with Crippen LogP contribution in [0.5, 0.6) is 0 Å². The molecule has 76 valence electrons. The van der Waals surface area contributed by atoms with Crippen LogP contribution in [0.2, 0.25) is 0 Å².